The van der Waals surface area contributed by atoms with Crippen LogP contribution in [-0.2, 0) is 14.2 Å². The fourth-order valence-electron chi connectivity index (χ4n) is 2.28. The van der Waals surface area contributed by atoms with Gasteiger partial charge in [-0.2, -0.15) is 0 Å². The van der Waals surface area contributed by atoms with Gasteiger partial charge in [0.05, 0.1) is 39.6 Å². The Bertz CT molecular complexity index is 909. The maximum atomic E-state index is 12.1. The number of nitrogens with zero attached hydrogens (tertiary/aromatic N) is 3. The summed E-state index contributed by atoms with van der Waals surface area (Å²) in [4.78, 5) is 26.7. The topological polar surface area (TPSA) is 156 Å². The van der Waals surface area contributed by atoms with Gasteiger partial charge in [0.25, 0.3) is 5.91 Å². The predicted molar refractivity (Wildman–Crippen MR) is 103 cm³/mol. The van der Waals surface area contributed by atoms with Crippen molar-refractivity contribution in [1.29, 1.82) is 0 Å². The van der Waals surface area contributed by atoms with E-state index in [1.807, 2.05) is 0 Å². The Kier molecular flexibility index (Phi) is 9.46. The molecule has 11 nitrogen and oxygen atoms in total. The molecule has 0 unspecified atom stereocenters. The number of benzene rings is 1. The third-order valence-electron chi connectivity index (χ3n) is 3.64. The van der Waals surface area contributed by atoms with Gasteiger partial charge in [-0.15, -0.1) is 0 Å². The van der Waals surface area contributed by atoms with Crippen molar-refractivity contribution in [2.75, 3.05) is 52.7 Å². The number of azide groups is 1. The number of hydrogen-bond acceptors (Lipinski definition) is 8. The zero-order valence-electron chi connectivity index (χ0n) is 15.7. The maximum Gasteiger partial charge on any atom is 0.349 e. The van der Waals surface area contributed by atoms with E-state index in [1.165, 1.54) is 18.2 Å². The molecule has 2 aromatic rings. The van der Waals surface area contributed by atoms with Crippen LogP contribution < -0.4 is 10.9 Å². The summed E-state index contributed by atoms with van der Waals surface area (Å²) in [6.45, 7) is 2.61. The molecule has 0 saturated heterocycles. The van der Waals surface area contributed by atoms with Crippen LogP contribution in [0.3, 0.4) is 0 Å². The zero-order chi connectivity index (χ0) is 20.9. The molecule has 1 heterocycles. The van der Waals surface area contributed by atoms with Gasteiger partial charge < -0.3 is 29.1 Å². The lowest BCUT2D eigenvalue weighted by atomic mass is 10.1. The van der Waals surface area contributed by atoms with Gasteiger partial charge in [-0.25, -0.2) is 4.79 Å². The Morgan fingerprint density at radius 3 is 2.52 bits per heavy atom. The first-order valence-corrected chi connectivity index (χ1v) is 8.91. The lowest BCUT2D eigenvalue weighted by Crippen LogP contribution is -2.31. The van der Waals surface area contributed by atoms with E-state index in [2.05, 4.69) is 15.3 Å². The average molecular weight is 406 g/mol. The number of aromatic hydroxyl groups is 1. The monoisotopic (exact) mass is 406 g/mol. The lowest BCUT2D eigenvalue weighted by Gasteiger charge is -2.07. The van der Waals surface area contributed by atoms with Gasteiger partial charge in [-0.3, -0.25) is 4.79 Å². The summed E-state index contributed by atoms with van der Waals surface area (Å²) >= 11 is 0. The van der Waals surface area contributed by atoms with Crippen LogP contribution in [0, 0.1) is 0 Å². The predicted octanol–water partition coefficient (Wildman–Crippen LogP) is 1.59. The number of phenols is 1. The fourth-order valence-corrected chi connectivity index (χ4v) is 2.28. The molecular weight excluding hydrogens is 384 g/mol. The van der Waals surface area contributed by atoms with E-state index in [-0.39, 0.29) is 36.6 Å². The summed E-state index contributed by atoms with van der Waals surface area (Å²) in [7, 11) is 0. The number of fused-ring (bicyclic) bond motifs is 1. The van der Waals surface area contributed by atoms with E-state index in [0.29, 0.717) is 38.4 Å². The van der Waals surface area contributed by atoms with Gasteiger partial charge in [0, 0.05) is 29.5 Å². The number of amides is 1. The van der Waals surface area contributed by atoms with Crippen LogP contribution in [-0.4, -0.2) is 63.7 Å². The minimum atomic E-state index is -0.781. The molecular formula is C18H22N4O7. The van der Waals surface area contributed by atoms with E-state index < -0.39 is 11.5 Å². The molecule has 0 aliphatic carbocycles. The smallest absolute Gasteiger partial charge is 0.349 e. The van der Waals surface area contributed by atoms with Crippen LogP contribution in [0.25, 0.3) is 21.4 Å². The van der Waals surface area contributed by atoms with E-state index in [9.17, 15) is 14.7 Å². The summed E-state index contributed by atoms with van der Waals surface area (Å²) in [5.74, 6) is -0.594. The summed E-state index contributed by atoms with van der Waals surface area (Å²) < 4.78 is 20.8. The SMILES string of the molecule is [N-]=[N+]=NCCOCCOCCOCCNC(=O)c1cc2ccc(O)cc2oc1=O. The number of carbonyl (C=O) groups excluding carboxylic acids is 1. The Labute approximate surface area is 165 Å². The number of carbonyl (C=O) groups is 1. The van der Waals surface area contributed by atoms with Gasteiger partial charge in [0.15, 0.2) is 0 Å². The number of hydrogen-bond donors (Lipinski definition) is 2. The molecule has 1 aromatic carbocycles. The highest BCUT2D eigenvalue weighted by molar-refractivity contribution is 5.96. The number of nitrogens with one attached hydrogen (secondary N) is 1. The van der Waals surface area contributed by atoms with Crippen molar-refractivity contribution >= 4 is 16.9 Å². The van der Waals surface area contributed by atoms with Crippen molar-refractivity contribution < 1.29 is 28.5 Å². The van der Waals surface area contributed by atoms with E-state index in [1.54, 1.807) is 6.07 Å². The van der Waals surface area contributed by atoms with Crippen molar-refractivity contribution in [1.82, 2.24) is 5.32 Å². The quantitative estimate of drug-likeness (QED) is 0.168. The second-order valence-electron chi connectivity index (χ2n) is 5.72. The molecule has 0 saturated carbocycles. The van der Waals surface area contributed by atoms with Gasteiger partial charge in [-0.1, -0.05) is 5.11 Å². The van der Waals surface area contributed by atoms with Crippen molar-refractivity contribution in [2.24, 2.45) is 5.11 Å². The minimum absolute atomic E-state index is 0.0307. The molecule has 2 rings (SSSR count). The molecule has 0 aliphatic rings. The second kappa shape index (κ2) is 12.4. The van der Waals surface area contributed by atoms with Gasteiger partial charge in [-0.05, 0) is 23.7 Å². The van der Waals surface area contributed by atoms with Crippen LogP contribution in [0.5, 0.6) is 5.75 Å². The van der Waals surface area contributed by atoms with E-state index in [4.69, 9.17) is 24.2 Å². The number of ether oxygens (including phenoxy) is 3. The Hall–Kier alpha value is -3.11. The van der Waals surface area contributed by atoms with Crippen LogP contribution in [0.15, 0.2) is 38.6 Å². The second-order valence-corrected chi connectivity index (χ2v) is 5.72. The standard InChI is InChI=1S/C18H22N4O7/c19-22-21-4-6-27-8-10-28-9-7-26-5-3-20-17(24)15-11-13-1-2-14(23)12-16(13)29-18(15)25/h1-2,11-12,23H,3-10H2,(H,20,24). The summed E-state index contributed by atoms with van der Waals surface area (Å²) in [6, 6.07) is 5.72. The molecule has 156 valence electrons. The van der Waals surface area contributed by atoms with E-state index >= 15 is 0 Å². The molecule has 29 heavy (non-hydrogen) atoms. The molecule has 2 N–H and O–H groups in total. The number of rotatable bonds is 13. The van der Waals surface area contributed by atoms with Crippen LogP contribution in [0.4, 0.5) is 0 Å². The third-order valence-corrected chi connectivity index (χ3v) is 3.64. The van der Waals surface area contributed by atoms with Gasteiger partial charge in [0.2, 0.25) is 0 Å². The average Bonchev–Trinajstić information content (AvgIpc) is 2.70. The van der Waals surface area contributed by atoms with Crippen molar-refractivity contribution in [3.05, 3.63) is 50.7 Å². The lowest BCUT2D eigenvalue weighted by molar-refractivity contribution is 0.0166. The third kappa shape index (κ3) is 7.80. The van der Waals surface area contributed by atoms with Gasteiger partial charge >= 0.3 is 5.63 Å². The maximum absolute atomic E-state index is 12.1. The number of phenolic OH excluding ortho intramolecular Hbond substituents is 1. The summed E-state index contributed by atoms with van der Waals surface area (Å²) in [5.41, 5.74) is 7.40. The van der Waals surface area contributed by atoms with E-state index in [0.717, 1.165) is 0 Å². The Balaban J connectivity index is 1.59. The Morgan fingerprint density at radius 2 is 1.79 bits per heavy atom. The molecule has 0 aliphatic heterocycles. The minimum Gasteiger partial charge on any atom is -0.508 e. The largest absolute Gasteiger partial charge is 0.508 e. The molecule has 1 amide bonds. The molecule has 0 bridgehead atoms. The first-order chi connectivity index (χ1) is 14.1. The zero-order valence-corrected chi connectivity index (χ0v) is 15.7. The highest BCUT2D eigenvalue weighted by Crippen LogP contribution is 2.19. The van der Waals surface area contributed by atoms with Crippen LogP contribution >= 0.6 is 0 Å². The molecule has 11 heteroatoms. The van der Waals surface area contributed by atoms with Crippen molar-refractivity contribution in [3.63, 3.8) is 0 Å². The molecule has 0 radical (unpaired) electrons. The molecule has 1 aromatic heterocycles. The summed E-state index contributed by atoms with van der Waals surface area (Å²) in [6.07, 6.45) is 0. The molecule has 0 atom stereocenters. The first kappa shape index (κ1) is 22.2. The Morgan fingerprint density at radius 1 is 1.10 bits per heavy atom. The fraction of sp³-hybridized carbons (Fsp3) is 0.444. The van der Waals surface area contributed by atoms with Crippen LogP contribution in [0.2, 0.25) is 0 Å². The van der Waals surface area contributed by atoms with Crippen molar-refractivity contribution in [2.45, 2.75) is 0 Å². The molecule has 0 spiro atoms. The first-order valence-electron chi connectivity index (χ1n) is 8.91. The van der Waals surface area contributed by atoms with Crippen molar-refractivity contribution in [3.8, 4) is 5.75 Å². The summed E-state index contributed by atoms with van der Waals surface area (Å²) in [5, 5.41) is 15.8. The normalized spacial score (nSPS) is 10.6. The van der Waals surface area contributed by atoms with Gasteiger partial charge in [0.1, 0.15) is 16.9 Å². The highest BCUT2D eigenvalue weighted by atomic mass is 16.5. The van der Waals surface area contributed by atoms with Crippen LogP contribution in [0.1, 0.15) is 10.4 Å². The molecule has 0 fully saturated rings. The highest BCUT2D eigenvalue weighted by Gasteiger charge is 2.13.